The molecule has 0 bridgehead atoms. The molecule has 3 aromatic heterocycles. The molecule has 0 saturated carbocycles. The van der Waals surface area contributed by atoms with Crippen molar-refractivity contribution in [3.63, 3.8) is 0 Å². The molecule has 5 aromatic carbocycles. The molecule has 0 amide bonds. The molecular formula is C41H28N4O. The van der Waals surface area contributed by atoms with Gasteiger partial charge in [-0.2, -0.15) is 0 Å². The Bertz CT molecular complexity index is 2570. The van der Waals surface area contributed by atoms with E-state index in [9.17, 15) is 0 Å². The van der Waals surface area contributed by atoms with Gasteiger partial charge in [0.05, 0.1) is 22.0 Å². The Morgan fingerprint density at radius 3 is 2.39 bits per heavy atom. The summed E-state index contributed by atoms with van der Waals surface area (Å²) in [6.07, 6.45) is 8.77. The number of benzene rings is 5. The zero-order valence-electron chi connectivity index (χ0n) is 25.1. The van der Waals surface area contributed by atoms with Crippen LogP contribution >= 0.6 is 0 Å². The van der Waals surface area contributed by atoms with E-state index in [1.165, 1.54) is 38.8 Å². The number of para-hydroxylation sites is 4. The molecule has 0 N–H and O–H groups in total. The highest BCUT2D eigenvalue weighted by molar-refractivity contribution is 6.13. The smallest absolute Gasteiger partial charge is 0.232 e. The lowest BCUT2D eigenvalue weighted by Gasteiger charge is -2.40. The molecule has 8 aromatic rings. The van der Waals surface area contributed by atoms with Crippen molar-refractivity contribution >= 4 is 60.8 Å². The average molecular weight is 593 g/mol. The summed E-state index contributed by atoms with van der Waals surface area (Å²) in [7, 11) is 0. The van der Waals surface area contributed by atoms with Gasteiger partial charge in [-0.1, -0.05) is 97.1 Å². The molecule has 10 rings (SSSR count). The van der Waals surface area contributed by atoms with E-state index in [1.807, 2.05) is 18.2 Å². The normalized spacial score (nSPS) is 18.8. The summed E-state index contributed by atoms with van der Waals surface area (Å²) in [5.74, 6) is 1.04. The Morgan fingerprint density at radius 1 is 0.717 bits per heavy atom. The minimum atomic E-state index is -0.208. The van der Waals surface area contributed by atoms with Gasteiger partial charge in [0.1, 0.15) is 11.9 Å². The first kappa shape index (κ1) is 25.4. The van der Waals surface area contributed by atoms with Gasteiger partial charge in [0.15, 0.2) is 5.82 Å². The summed E-state index contributed by atoms with van der Waals surface area (Å²) in [6.45, 7) is 2.35. The van der Waals surface area contributed by atoms with Crippen molar-refractivity contribution in [1.29, 1.82) is 0 Å². The lowest BCUT2D eigenvalue weighted by Crippen LogP contribution is -2.42. The van der Waals surface area contributed by atoms with E-state index in [4.69, 9.17) is 9.40 Å². The second-order valence-electron chi connectivity index (χ2n) is 12.4. The zero-order valence-corrected chi connectivity index (χ0v) is 25.1. The van der Waals surface area contributed by atoms with Gasteiger partial charge in [-0.15, -0.1) is 0 Å². The number of allylic oxidation sites excluding steroid dienone is 2. The second kappa shape index (κ2) is 9.29. The number of hydrogen-bond donors (Lipinski definition) is 0. The fraction of sp³-hybridized carbons (Fsp3) is 0.0732. The van der Waals surface area contributed by atoms with Crippen molar-refractivity contribution in [3.05, 3.63) is 157 Å². The van der Waals surface area contributed by atoms with Crippen LogP contribution in [0.25, 0.3) is 55.3 Å². The molecular weight excluding hydrogens is 564 g/mol. The number of furan rings is 1. The highest BCUT2D eigenvalue weighted by atomic mass is 16.3. The van der Waals surface area contributed by atoms with Crippen LogP contribution < -0.4 is 4.90 Å². The molecule has 5 heteroatoms. The molecule has 218 valence electrons. The average Bonchev–Trinajstić information content (AvgIpc) is 3.73. The van der Waals surface area contributed by atoms with E-state index in [0.717, 1.165) is 33.2 Å². The van der Waals surface area contributed by atoms with E-state index in [1.54, 1.807) is 6.33 Å². The van der Waals surface area contributed by atoms with Crippen LogP contribution in [0.5, 0.6) is 0 Å². The van der Waals surface area contributed by atoms with Gasteiger partial charge >= 0.3 is 0 Å². The van der Waals surface area contributed by atoms with Gasteiger partial charge in [-0.25, -0.2) is 9.97 Å². The van der Waals surface area contributed by atoms with Gasteiger partial charge < -0.3 is 9.32 Å². The van der Waals surface area contributed by atoms with Crippen LogP contribution in [0.1, 0.15) is 24.0 Å². The number of aromatic nitrogens is 3. The third-order valence-corrected chi connectivity index (χ3v) is 9.96. The van der Waals surface area contributed by atoms with Gasteiger partial charge in [0.25, 0.3) is 0 Å². The standard InChI is InChI=1S/C41H28N4O/c1-41-22-21-27(24-33(41)30-14-6-9-17-36(30)45(41)28-11-3-2-4-12-28)26-19-20-35-32(23-26)29-13-5-8-16-34(29)44(35)39-38-31-15-7-10-18-37(31)46-40(38)43-25-42-39/h2-25,33H,1H3. The van der Waals surface area contributed by atoms with E-state index < -0.39 is 0 Å². The first-order chi connectivity index (χ1) is 22.7. The van der Waals surface area contributed by atoms with Crippen molar-refractivity contribution in [2.75, 3.05) is 4.90 Å². The van der Waals surface area contributed by atoms with Crippen molar-refractivity contribution < 1.29 is 4.42 Å². The molecule has 0 saturated heterocycles. The summed E-state index contributed by atoms with van der Waals surface area (Å²) in [6, 6.07) is 43.1. The summed E-state index contributed by atoms with van der Waals surface area (Å²) < 4.78 is 8.39. The van der Waals surface area contributed by atoms with Crippen LogP contribution in [0.3, 0.4) is 0 Å². The van der Waals surface area contributed by atoms with Crippen molar-refractivity contribution in [2.24, 2.45) is 0 Å². The molecule has 5 nitrogen and oxygen atoms in total. The quantitative estimate of drug-likeness (QED) is 0.205. The number of nitrogens with zero attached hydrogens (tertiary/aromatic N) is 4. The molecule has 2 unspecified atom stereocenters. The van der Waals surface area contributed by atoms with Gasteiger partial charge in [0, 0.05) is 33.5 Å². The first-order valence-electron chi connectivity index (χ1n) is 15.7. The topological polar surface area (TPSA) is 47.1 Å². The zero-order chi connectivity index (χ0) is 30.4. The van der Waals surface area contributed by atoms with Crippen LogP contribution in [0.2, 0.25) is 0 Å². The molecule has 1 aliphatic heterocycles. The Hall–Kier alpha value is -5.94. The summed E-state index contributed by atoms with van der Waals surface area (Å²) in [4.78, 5) is 11.8. The van der Waals surface area contributed by atoms with Gasteiger partial charge in [-0.05, 0) is 66.1 Å². The van der Waals surface area contributed by atoms with Crippen LogP contribution in [0.15, 0.2) is 150 Å². The predicted molar refractivity (Wildman–Crippen MR) is 187 cm³/mol. The summed E-state index contributed by atoms with van der Waals surface area (Å²) in [5, 5.41) is 4.31. The molecule has 4 heterocycles. The van der Waals surface area contributed by atoms with Crippen molar-refractivity contribution in [1.82, 2.24) is 14.5 Å². The number of fused-ring (bicyclic) bond motifs is 9. The third-order valence-electron chi connectivity index (χ3n) is 9.96. The third kappa shape index (κ3) is 3.40. The van der Waals surface area contributed by atoms with E-state index >= 15 is 0 Å². The maximum absolute atomic E-state index is 6.13. The van der Waals surface area contributed by atoms with Gasteiger partial charge in [0.2, 0.25) is 5.71 Å². The van der Waals surface area contributed by atoms with Crippen LogP contribution in [-0.2, 0) is 0 Å². The Morgan fingerprint density at radius 2 is 1.48 bits per heavy atom. The molecule has 1 aliphatic carbocycles. The maximum atomic E-state index is 6.13. The highest BCUT2D eigenvalue weighted by Gasteiger charge is 2.47. The van der Waals surface area contributed by atoms with E-state index in [0.29, 0.717) is 5.71 Å². The Labute approximate surface area is 265 Å². The Kier molecular flexibility index (Phi) is 5.13. The molecule has 2 aliphatic rings. The maximum Gasteiger partial charge on any atom is 0.232 e. The fourth-order valence-electron chi connectivity index (χ4n) is 7.87. The SMILES string of the molecule is CC12C=CC(c3ccc4c(c3)c3ccccc3n4-c3ncnc4oc5ccccc5c34)=CC1c1ccccc1N2c1ccccc1. The molecule has 0 fully saturated rings. The van der Waals surface area contributed by atoms with E-state index in [2.05, 4.69) is 143 Å². The van der Waals surface area contributed by atoms with Crippen molar-refractivity contribution in [3.8, 4) is 5.82 Å². The fourth-order valence-corrected chi connectivity index (χ4v) is 7.87. The second-order valence-corrected chi connectivity index (χ2v) is 12.4. The van der Waals surface area contributed by atoms with Crippen LogP contribution in [0.4, 0.5) is 11.4 Å². The predicted octanol–water partition coefficient (Wildman–Crippen LogP) is 10.1. The minimum Gasteiger partial charge on any atom is -0.438 e. The monoisotopic (exact) mass is 592 g/mol. The highest BCUT2D eigenvalue weighted by Crippen LogP contribution is 2.55. The van der Waals surface area contributed by atoms with Crippen LogP contribution in [0, 0.1) is 0 Å². The van der Waals surface area contributed by atoms with E-state index in [-0.39, 0.29) is 11.5 Å². The first-order valence-corrected chi connectivity index (χ1v) is 15.7. The summed E-state index contributed by atoms with van der Waals surface area (Å²) in [5.41, 5.74) is 9.66. The molecule has 0 spiro atoms. The summed E-state index contributed by atoms with van der Waals surface area (Å²) >= 11 is 0. The largest absolute Gasteiger partial charge is 0.438 e. The van der Waals surface area contributed by atoms with Gasteiger partial charge in [-0.3, -0.25) is 4.57 Å². The minimum absolute atomic E-state index is 0.208. The van der Waals surface area contributed by atoms with Crippen molar-refractivity contribution in [2.45, 2.75) is 18.4 Å². The molecule has 0 radical (unpaired) electrons. The lowest BCUT2D eigenvalue weighted by molar-refractivity contribution is 0.544. The molecule has 2 atom stereocenters. The van der Waals surface area contributed by atoms with Crippen LogP contribution in [-0.4, -0.2) is 20.1 Å². The Balaban J connectivity index is 1.15. The molecule has 46 heavy (non-hydrogen) atoms. The lowest BCUT2D eigenvalue weighted by atomic mass is 9.77. The number of hydrogen-bond acceptors (Lipinski definition) is 4. The number of rotatable bonds is 3. The number of anilines is 2.